The van der Waals surface area contributed by atoms with Crippen LogP contribution in [-0.2, 0) is 4.79 Å². The Balaban J connectivity index is 1.45. The third-order valence-corrected chi connectivity index (χ3v) is 4.79. The van der Waals surface area contributed by atoms with E-state index in [4.69, 9.17) is 16.3 Å². The molecule has 2 aromatic carbocycles. The van der Waals surface area contributed by atoms with Gasteiger partial charge in [0.2, 0.25) is 0 Å². The predicted octanol–water partition coefficient (Wildman–Crippen LogP) is 3.75. The standard InChI is InChI=1S/C20H23ClN2O2/c1-15(25-19-10-6-5-9-18(19)21)20(24)22-13-16-11-12-23(14-16)17-7-3-2-4-8-17/h2-10,15-16H,11-14H2,1H3,(H,22,24). The van der Waals surface area contributed by atoms with E-state index in [2.05, 4.69) is 34.5 Å². The van der Waals surface area contributed by atoms with Crippen LogP contribution in [0.3, 0.4) is 0 Å². The van der Waals surface area contributed by atoms with Crippen molar-refractivity contribution >= 4 is 23.2 Å². The second-order valence-corrected chi connectivity index (χ2v) is 6.78. The van der Waals surface area contributed by atoms with Crippen LogP contribution in [-0.4, -0.2) is 31.6 Å². The zero-order chi connectivity index (χ0) is 17.6. The van der Waals surface area contributed by atoms with Gasteiger partial charge in [-0.15, -0.1) is 0 Å². The number of nitrogens with zero attached hydrogens (tertiary/aromatic N) is 1. The Hall–Kier alpha value is -2.20. The van der Waals surface area contributed by atoms with Crippen molar-refractivity contribution in [3.63, 3.8) is 0 Å². The fourth-order valence-electron chi connectivity index (χ4n) is 3.05. The number of rotatable bonds is 6. The lowest BCUT2D eigenvalue weighted by Gasteiger charge is -2.19. The van der Waals surface area contributed by atoms with Crippen LogP contribution in [0.1, 0.15) is 13.3 Å². The summed E-state index contributed by atoms with van der Waals surface area (Å²) >= 11 is 6.07. The first-order chi connectivity index (χ1) is 12.1. The van der Waals surface area contributed by atoms with Crippen molar-refractivity contribution in [1.82, 2.24) is 5.32 Å². The number of anilines is 1. The fraction of sp³-hybridized carbons (Fsp3) is 0.350. The molecule has 0 radical (unpaired) electrons. The van der Waals surface area contributed by atoms with E-state index in [0.717, 1.165) is 19.5 Å². The number of hydrogen-bond acceptors (Lipinski definition) is 3. The van der Waals surface area contributed by atoms with Gasteiger partial charge in [0, 0.05) is 25.3 Å². The van der Waals surface area contributed by atoms with Gasteiger partial charge in [-0.2, -0.15) is 0 Å². The molecule has 0 saturated carbocycles. The third kappa shape index (κ3) is 4.67. The Kier molecular flexibility index (Phi) is 5.82. The van der Waals surface area contributed by atoms with Crippen molar-refractivity contribution in [3.8, 4) is 5.75 Å². The van der Waals surface area contributed by atoms with Gasteiger partial charge in [-0.3, -0.25) is 4.79 Å². The molecule has 2 unspecified atom stereocenters. The lowest BCUT2D eigenvalue weighted by atomic mass is 10.1. The maximum absolute atomic E-state index is 12.3. The topological polar surface area (TPSA) is 41.6 Å². The van der Waals surface area contributed by atoms with Gasteiger partial charge in [0.1, 0.15) is 5.75 Å². The van der Waals surface area contributed by atoms with Gasteiger partial charge in [0.05, 0.1) is 5.02 Å². The molecule has 0 aromatic heterocycles. The van der Waals surface area contributed by atoms with Gasteiger partial charge in [0.25, 0.3) is 5.91 Å². The minimum Gasteiger partial charge on any atom is -0.479 e. The van der Waals surface area contributed by atoms with Gasteiger partial charge in [0.15, 0.2) is 6.10 Å². The van der Waals surface area contributed by atoms with Crippen molar-refractivity contribution in [2.75, 3.05) is 24.5 Å². The second kappa shape index (κ2) is 8.26. The Morgan fingerprint density at radius 2 is 1.96 bits per heavy atom. The molecule has 1 fully saturated rings. The number of carbonyl (C=O) groups excluding carboxylic acids is 1. The zero-order valence-electron chi connectivity index (χ0n) is 14.3. The lowest BCUT2D eigenvalue weighted by Crippen LogP contribution is -2.39. The Morgan fingerprint density at radius 1 is 1.24 bits per heavy atom. The molecule has 3 rings (SSSR count). The van der Waals surface area contributed by atoms with Gasteiger partial charge < -0.3 is 15.0 Å². The summed E-state index contributed by atoms with van der Waals surface area (Å²) in [4.78, 5) is 14.6. The minimum absolute atomic E-state index is 0.113. The van der Waals surface area contributed by atoms with Crippen LogP contribution in [0.4, 0.5) is 5.69 Å². The van der Waals surface area contributed by atoms with Gasteiger partial charge in [-0.25, -0.2) is 0 Å². The summed E-state index contributed by atoms with van der Waals surface area (Å²) in [6.07, 6.45) is 0.501. The number of benzene rings is 2. The molecule has 1 aliphatic heterocycles. The molecule has 2 atom stereocenters. The second-order valence-electron chi connectivity index (χ2n) is 6.37. The summed E-state index contributed by atoms with van der Waals surface area (Å²) < 4.78 is 5.66. The number of carbonyl (C=O) groups is 1. The summed E-state index contributed by atoms with van der Waals surface area (Å²) in [6.45, 7) is 4.39. The number of amides is 1. The number of nitrogens with one attached hydrogen (secondary N) is 1. The monoisotopic (exact) mass is 358 g/mol. The normalized spacial score (nSPS) is 18.0. The number of ether oxygens (including phenoxy) is 1. The van der Waals surface area contributed by atoms with E-state index in [-0.39, 0.29) is 5.91 Å². The molecule has 1 N–H and O–H groups in total. The average molecular weight is 359 g/mol. The van der Waals surface area contributed by atoms with E-state index in [1.807, 2.05) is 18.2 Å². The molecule has 1 saturated heterocycles. The Morgan fingerprint density at radius 3 is 2.72 bits per heavy atom. The van der Waals surface area contributed by atoms with E-state index in [1.165, 1.54) is 5.69 Å². The van der Waals surface area contributed by atoms with E-state index >= 15 is 0 Å². The summed E-state index contributed by atoms with van der Waals surface area (Å²) in [5, 5.41) is 3.51. The quantitative estimate of drug-likeness (QED) is 0.855. The molecular formula is C20H23ClN2O2. The van der Waals surface area contributed by atoms with Crippen molar-refractivity contribution < 1.29 is 9.53 Å². The van der Waals surface area contributed by atoms with Crippen LogP contribution in [0.25, 0.3) is 0 Å². The van der Waals surface area contributed by atoms with Crippen LogP contribution in [0.2, 0.25) is 5.02 Å². The number of para-hydroxylation sites is 2. The summed E-state index contributed by atoms with van der Waals surface area (Å²) in [7, 11) is 0. The van der Waals surface area contributed by atoms with Crippen LogP contribution >= 0.6 is 11.6 Å². The van der Waals surface area contributed by atoms with Gasteiger partial charge >= 0.3 is 0 Å². The van der Waals surface area contributed by atoms with Crippen LogP contribution < -0.4 is 15.0 Å². The largest absolute Gasteiger partial charge is 0.479 e. The van der Waals surface area contributed by atoms with Gasteiger partial charge in [-0.1, -0.05) is 41.9 Å². The zero-order valence-corrected chi connectivity index (χ0v) is 15.1. The molecule has 0 spiro atoms. The molecule has 2 aromatic rings. The molecule has 0 bridgehead atoms. The fourth-order valence-corrected chi connectivity index (χ4v) is 3.23. The average Bonchev–Trinajstić information content (AvgIpc) is 3.11. The molecule has 1 heterocycles. The summed E-state index contributed by atoms with van der Waals surface area (Å²) in [5.74, 6) is 0.873. The highest BCUT2D eigenvalue weighted by molar-refractivity contribution is 6.32. The molecule has 1 aliphatic rings. The van der Waals surface area contributed by atoms with E-state index in [0.29, 0.717) is 23.2 Å². The smallest absolute Gasteiger partial charge is 0.260 e. The third-order valence-electron chi connectivity index (χ3n) is 4.48. The highest BCUT2D eigenvalue weighted by Crippen LogP contribution is 2.25. The van der Waals surface area contributed by atoms with E-state index in [1.54, 1.807) is 19.1 Å². The molecule has 4 nitrogen and oxygen atoms in total. The molecule has 0 aliphatic carbocycles. The van der Waals surface area contributed by atoms with Crippen LogP contribution in [0.15, 0.2) is 54.6 Å². The first-order valence-electron chi connectivity index (χ1n) is 8.62. The Bertz CT molecular complexity index is 708. The molecule has 132 valence electrons. The van der Waals surface area contributed by atoms with Crippen molar-refractivity contribution in [2.45, 2.75) is 19.4 Å². The van der Waals surface area contributed by atoms with Crippen molar-refractivity contribution in [3.05, 3.63) is 59.6 Å². The number of hydrogen-bond donors (Lipinski definition) is 1. The van der Waals surface area contributed by atoms with Crippen LogP contribution in [0.5, 0.6) is 5.75 Å². The lowest BCUT2D eigenvalue weighted by molar-refractivity contribution is -0.127. The SMILES string of the molecule is CC(Oc1ccccc1Cl)C(=O)NCC1CCN(c2ccccc2)C1. The summed E-state index contributed by atoms with van der Waals surface area (Å²) in [6, 6.07) is 17.6. The highest BCUT2D eigenvalue weighted by atomic mass is 35.5. The maximum atomic E-state index is 12.3. The Labute approximate surface area is 153 Å². The molecule has 1 amide bonds. The van der Waals surface area contributed by atoms with Crippen molar-refractivity contribution in [2.24, 2.45) is 5.92 Å². The van der Waals surface area contributed by atoms with Crippen LogP contribution in [0, 0.1) is 5.92 Å². The number of halogens is 1. The molecule has 25 heavy (non-hydrogen) atoms. The summed E-state index contributed by atoms with van der Waals surface area (Å²) in [5.41, 5.74) is 1.24. The van der Waals surface area contributed by atoms with E-state index in [9.17, 15) is 4.79 Å². The highest BCUT2D eigenvalue weighted by Gasteiger charge is 2.24. The molecule has 5 heteroatoms. The van der Waals surface area contributed by atoms with Gasteiger partial charge in [-0.05, 0) is 43.5 Å². The minimum atomic E-state index is -0.577. The molecular weight excluding hydrogens is 336 g/mol. The van der Waals surface area contributed by atoms with E-state index < -0.39 is 6.10 Å². The first-order valence-corrected chi connectivity index (χ1v) is 9.00. The predicted molar refractivity (Wildman–Crippen MR) is 101 cm³/mol. The van der Waals surface area contributed by atoms with Crippen molar-refractivity contribution in [1.29, 1.82) is 0 Å². The first kappa shape index (κ1) is 17.6. The maximum Gasteiger partial charge on any atom is 0.260 e.